The third-order valence-electron chi connectivity index (χ3n) is 3.51. The summed E-state index contributed by atoms with van der Waals surface area (Å²) in [5, 5.41) is 3.45. The summed E-state index contributed by atoms with van der Waals surface area (Å²) in [4.78, 5) is 7.03. The van der Waals surface area contributed by atoms with Crippen molar-refractivity contribution in [3.63, 3.8) is 0 Å². The summed E-state index contributed by atoms with van der Waals surface area (Å²) >= 11 is 0. The summed E-state index contributed by atoms with van der Waals surface area (Å²) in [5.74, 6) is 1.08. The summed E-state index contributed by atoms with van der Waals surface area (Å²) in [7, 11) is 0. The van der Waals surface area contributed by atoms with Crippen molar-refractivity contribution in [2.45, 2.75) is 46.3 Å². The molecule has 4 nitrogen and oxygen atoms in total. The van der Waals surface area contributed by atoms with Crippen LogP contribution in [0.2, 0.25) is 0 Å². The molecule has 0 aliphatic carbocycles. The van der Waals surface area contributed by atoms with Crippen LogP contribution < -0.4 is 10.2 Å². The molecule has 1 aromatic heterocycles. The van der Waals surface area contributed by atoms with E-state index in [1.807, 2.05) is 0 Å². The van der Waals surface area contributed by atoms with Gasteiger partial charge in [-0.05, 0) is 51.4 Å². The molecule has 20 heavy (non-hydrogen) atoms. The van der Waals surface area contributed by atoms with Gasteiger partial charge in [-0.2, -0.15) is 0 Å². The predicted octanol–water partition coefficient (Wildman–Crippen LogP) is 2.50. The maximum atomic E-state index is 5.78. The predicted molar refractivity (Wildman–Crippen MR) is 83.2 cm³/mol. The molecule has 1 fully saturated rings. The molecule has 0 saturated carbocycles. The molecule has 0 aromatic carbocycles. The standard InChI is InChI=1S/C16H27N3O/c1-5-6-17-11-14-9-13(2)18-15(10-14)19-7-8-20-16(3,4)12-19/h9-10,17H,5-8,11-12H2,1-4H3. The van der Waals surface area contributed by atoms with Crippen molar-refractivity contribution in [3.05, 3.63) is 23.4 Å². The third kappa shape index (κ3) is 4.18. The third-order valence-corrected chi connectivity index (χ3v) is 3.51. The fourth-order valence-corrected chi connectivity index (χ4v) is 2.61. The highest BCUT2D eigenvalue weighted by atomic mass is 16.5. The zero-order valence-electron chi connectivity index (χ0n) is 13.2. The summed E-state index contributed by atoms with van der Waals surface area (Å²) in [6, 6.07) is 4.37. The largest absolute Gasteiger partial charge is 0.372 e. The zero-order valence-corrected chi connectivity index (χ0v) is 13.2. The molecular formula is C16H27N3O. The van der Waals surface area contributed by atoms with Gasteiger partial charge in [0, 0.05) is 25.3 Å². The van der Waals surface area contributed by atoms with Gasteiger partial charge in [0.2, 0.25) is 0 Å². The van der Waals surface area contributed by atoms with Crippen LogP contribution in [0.3, 0.4) is 0 Å². The first kappa shape index (κ1) is 15.3. The molecular weight excluding hydrogens is 250 g/mol. The fourth-order valence-electron chi connectivity index (χ4n) is 2.61. The molecule has 0 spiro atoms. The first-order valence-corrected chi connectivity index (χ1v) is 7.57. The topological polar surface area (TPSA) is 37.4 Å². The van der Waals surface area contributed by atoms with Crippen LogP contribution in [0.15, 0.2) is 12.1 Å². The normalized spacial score (nSPS) is 18.3. The van der Waals surface area contributed by atoms with Crippen LogP contribution >= 0.6 is 0 Å². The van der Waals surface area contributed by atoms with Crippen molar-refractivity contribution < 1.29 is 4.74 Å². The minimum Gasteiger partial charge on any atom is -0.372 e. The van der Waals surface area contributed by atoms with Crippen LogP contribution in [0.5, 0.6) is 0 Å². The lowest BCUT2D eigenvalue weighted by atomic mass is 10.1. The lowest BCUT2D eigenvalue weighted by Gasteiger charge is -2.39. The SMILES string of the molecule is CCCNCc1cc(C)nc(N2CCOC(C)(C)C2)c1. The molecule has 1 aromatic rings. The second-order valence-corrected chi connectivity index (χ2v) is 6.18. The van der Waals surface area contributed by atoms with Gasteiger partial charge in [-0.3, -0.25) is 0 Å². The van der Waals surface area contributed by atoms with Crippen molar-refractivity contribution in [1.82, 2.24) is 10.3 Å². The molecule has 1 N–H and O–H groups in total. The number of hydrogen-bond donors (Lipinski definition) is 1. The van der Waals surface area contributed by atoms with E-state index in [-0.39, 0.29) is 5.60 Å². The maximum absolute atomic E-state index is 5.78. The van der Waals surface area contributed by atoms with Gasteiger partial charge in [-0.1, -0.05) is 6.92 Å². The van der Waals surface area contributed by atoms with E-state index in [0.29, 0.717) is 0 Å². The summed E-state index contributed by atoms with van der Waals surface area (Å²) in [6.07, 6.45) is 1.16. The van der Waals surface area contributed by atoms with Gasteiger partial charge in [0.15, 0.2) is 0 Å². The van der Waals surface area contributed by atoms with E-state index in [0.717, 1.165) is 50.7 Å². The van der Waals surface area contributed by atoms with E-state index >= 15 is 0 Å². The number of rotatable bonds is 5. The number of nitrogens with zero attached hydrogens (tertiary/aromatic N) is 2. The molecule has 0 radical (unpaired) electrons. The molecule has 1 aliphatic rings. The average Bonchev–Trinajstić information content (AvgIpc) is 2.37. The molecule has 4 heteroatoms. The summed E-state index contributed by atoms with van der Waals surface area (Å²) in [5.41, 5.74) is 2.30. The van der Waals surface area contributed by atoms with Crippen LogP contribution in [0.25, 0.3) is 0 Å². The van der Waals surface area contributed by atoms with Crippen molar-refractivity contribution in [2.75, 3.05) is 31.1 Å². The van der Waals surface area contributed by atoms with Gasteiger partial charge < -0.3 is 15.0 Å². The van der Waals surface area contributed by atoms with E-state index in [1.54, 1.807) is 0 Å². The van der Waals surface area contributed by atoms with Crippen molar-refractivity contribution in [1.29, 1.82) is 0 Å². The Labute approximate surface area is 122 Å². The Bertz CT molecular complexity index is 445. The van der Waals surface area contributed by atoms with Crippen LogP contribution in [0.4, 0.5) is 5.82 Å². The molecule has 0 amide bonds. The number of ether oxygens (including phenoxy) is 1. The summed E-state index contributed by atoms with van der Waals surface area (Å²) in [6.45, 7) is 13.1. The lowest BCUT2D eigenvalue weighted by Crippen LogP contribution is -2.48. The van der Waals surface area contributed by atoms with Crippen LogP contribution in [-0.2, 0) is 11.3 Å². The highest BCUT2D eigenvalue weighted by Gasteiger charge is 2.28. The number of morpholine rings is 1. The molecule has 2 rings (SSSR count). The van der Waals surface area contributed by atoms with E-state index in [9.17, 15) is 0 Å². The fraction of sp³-hybridized carbons (Fsp3) is 0.688. The Morgan fingerprint density at radius 3 is 2.90 bits per heavy atom. The Morgan fingerprint density at radius 1 is 1.40 bits per heavy atom. The van der Waals surface area contributed by atoms with Gasteiger partial charge >= 0.3 is 0 Å². The Balaban J connectivity index is 2.10. The average molecular weight is 277 g/mol. The monoisotopic (exact) mass is 277 g/mol. The molecule has 1 aliphatic heterocycles. The number of pyridine rings is 1. The van der Waals surface area contributed by atoms with Crippen molar-refractivity contribution in [2.24, 2.45) is 0 Å². The first-order chi connectivity index (χ1) is 9.50. The molecule has 0 unspecified atom stereocenters. The Kier molecular flexibility index (Phi) is 5.00. The van der Waals surface area contributed by atoms with Crippen molar-refractivity contribution >= 4 is 5.82 Å². The highest BCUT2D eigenvalue weighted by molar-refractivity contribution is 5.43. The number of aromatic nitrogens is 1. The van der Waals surface area contributed by atoms with Gasteiger partial charge in [-0.25, -0.2) is 4.98 Å². The quantitative estimate of drug-likeness (QED) is 0.839. The van der Waals surface area contributed by atoms with Gasteiger partial charge in [0.1, 0.15) is 5.82 Å². The van der Waals surface area contributed by atoms with E-state index in [2.05, 4.69) is 50.0 Å². The molecule has 112 valence electrons. The van der Waals surface area contributed by atoms with Gasteiger partial charge in [0.25, 0.3) is 0 Å². The molecule has 0 atom stereocenters. The number of nitrogens with one attached hydrogen (secondary N) is 1. The molecule has 0 bridgehead atoms. The lowest BCUT2D eigenvalue weighted by molar-refractivity contribution is -0.0279. The minimum atomic E-state index is -0.0930. The van der Waals surface area contributed by atoms with Crippen LogP contribution in [-0.4, -0.2) is 36.8 Å². The number of anilines is 1. The van der Waals surface area contributed by atoms with E-state index in [1.165, 1.54) is 5.56 Å². The van der Waals surface area contributed by atoms with Gasteiger partial charge in [-0.15, -0.1) is 0 Å². The number of aryl methyl sites for hydroxylation is 1. The molecule has 2 heterocycles. The number of hydrogen-bond acceptors (Lipinski definition) is 4. The highest BCUT2D eigenvalue weighted by Crippen LogP contribution is 2.22. The second-order valence-electron chi connectivity index (χ2n) is 6.18. The smallest absolute Gasteiger partial charge is 0.129 e. The van der Waals surface area contributed by atoms with Crippen molar-refractivity contribution in [3.8, 4) is 0 Å². The zero-order chi connectivity index (χ0) is 14.6. The van der Waals surface area contributed by atoms with E-state index < -0.39 is 0 Å². The Hall–Kier alpha value is -1.13. The van der Waals surface area contributed by atoms with Crippen LogP contribution in [0.1, 0.15) is 38.4 Å². The first-order valence-electron chi connectivity index (χ1n) is 7.57. The Morgan fingerprint density at radius 2 is 2.20 bits per heavy atom. The molecule has 1 saturated heterocycles. The summed E-state index contributed by atoms with van der Waals surface area (Å²) < 4.78 is 5.78. The second kappa shape index (κ2) is 6.55. The minimum absolute atomic E-state index is 0.0930. The van der Waals surface area contributed by atoms with Gasteiger partial charge in [0.05, 0.1) is 12.2 Å². The van der Waals surface area contributed by atoms with E-state index in [4.69, 9.17) is 9.72 Å². The maximum Gasteiger partial charge on any atom is 0.129 e. The van der Waals surface area contributed by atoms with Crippen LogP contribution in [0, 0.1) is 6.92 Å².